The Morgan fingerprint density at radius 1 is 1.13 bits per heavy atom. The molecule has 30 heavy (non-hydrogen) atoms. The van der Waals surface area contributed by atoms with Crippen LogP contribution < -0.4 is 21.2 Å². The van der Waals surface area contributed by atoms with Crippen LogP contribution in [-0.2, 0) is 6.67 Å². The largest absolute Gasteiger partial charge is 0.430 e. The van der Waals surface area contributed by atoms with E-state index in [0.29, 0.717) is 32.3 Å². The average Bonchev–Trinajstić information content (AvgIpc) is 2.72. The number of aliphatic imine (C=N–C) groups is 1. The average molecular weight is 425 g/mol. The van der Waals surface area contributed by atoms with Gasteiger partial charge in [0.2, 0.25) is 5.95 Å². The van der Waals surface area contributed by atoms with Gasteiger partial charge in [0.15, 0.2) is 0 Å². The molecule has 0 aliphatic carbocycles. The zero-order chi connectivity index (χ0) is 21.7. The fraction of sp³-hybridized carbons (Fsp3) is 0.333. The van der Waals surface area contributed by atoms with Gasteiger partial charge in [-0.25, -0.2) is 14.2 Å². The summed E-state index contributed by atoms with van der Waals surface area (Å²) in [6.45, 7) is 2.20. The molecule has 2 N–H and O–H groups in total. The third-order valence-electron chi connectivity index (χ3n) is 4.43. The van der Waals surface area contributed by atoms with Gasteiger partial charge in [-0.3, -0.25) is 9.56 Å². The van der Waals surface area contributed by atoms with Crippen molar-refractivity contribution in [3.05, 3.63) is 58.7 Å². The van der Waals surface area contributed by atoms with Crippen LogP contribution in [0.25, 0.3) is 0 Å². The first-order valence-electron chi connectivity index (χ1n) is 8.96. The van der Waals surface area contributed by atoms with Gasteiger partial charge in [-0.2, -0.15) is 18.2 Å². The Morgan fingerprint density at radius 2 is 1.77 bits per heavy atom. The molecule has 1 aromatic heterocycles. The number of anilines is 2. The maximum absolute atomic E-state index is 13.1. The Bertz CT molecular complexity index is 977. The molecule has 0 bridgehead atoms. The Hall–Kier alpha value is -3.44. The van der Waals surface area contributed by atoms with Gasteiger partial charge < -0.3 is 15.5 Å². The number of piperazine rings is 1. The van der Waals surface area contributed by atoms with E-state index in [9.17, 15) is 22.4 Å². The van der Waals surface area contributed by atoms with Gasteiger partial charge in [0.05, 0.1) is 0 Å². The molecule has 2 heterocycles. The predicted molar refractivity (Wildman–Crippen MR) is 104 cm³/mol. The van der Waals surface area contributed by atoms with Crippen molar-refractivity contribution in [1.29, 1.82) is 0 Å². The van der Waals surface area contributed by atoms with E-state index < -0.39 is 17.6 Å². The van der Waals surface area contributed by atoms with Gasteiger partial charge >= 0.3 is 11.9 Å². The lowest BCUT2D eigenvalue weighted by atomic mass is 10.2. The molecule has 1 aliphatic rings. The summed E-state index contributed by atoms with van der Waals surface area (Å²) < 4.78 is 50.9. The number of rotatable bonds is 5. The van der Waals surface area contributed by atoms with E-state index in [0.717, 1.165) is 16.5 Å². The summed E-state index contributed by atoms with van der Waals surface area (Å²) >= 11 is 0. The maximum Gasteiger partial charge on any atom is 0.430 e. The smallest absolute Gasteiger partial charge is 0.395 e. The number of hydrogen-bond donors (Lipinski definition) is 1. The summed E-state index contributed by atoms with van der Waals surface area (Å²) in [4.78, 5) is 27.8. The number of alkyl halides is 3. The van der Waals surface area contributed by atoms with E-state index in [4.69, 9.17) is 5.73 Å². The van der Waals surface area contributed by atoms with Crippen molar-refractivity contribution >= 4 is 17.9 Å². The van der Waals surface area contributed by atoms with Gasteiger partial charge in [-0.05, 0) is 30.3 Å². The van der Waals surface area contributed by atoms with Crippen molar-refractivity contribution in [1.82, 2.24) is 14.5 Å². The van der Waals surface area contributed by atoms with Crippen molar-refractivity contribution < 1.29 is 17.6 Å². The van der Waals surface area contributed by atoms with E-state index in [1.54, 1.807) is 12.1 Å². The number of hydrogen-bond acceptors (Lipinski definition) is 7. The Morgan fingerprint density at radius 3 is 2.37 bits per heavy atom. The van der Waals surface area contributed by atoms with Crippen LogP contribution in [0.2, 0.25) is 0 Å². The number of nitrogens with two attached hydrogens (primary N) is 1. The Labute approximate surface area is 169 Å². The molecule has 12 heteroatoms. The highest BCUT2D eigenvalue weighted by Crippen LogP contribution is 2.20. The van der Waals surface area contributed by atoms with Crippen LogP contribution in [0.15, 0.2) is 52.2 Å². The minimum absolute atomic E-state index is 0.237. The van der Waals surface area contributed by atoms with Crippen LogP contribution in [0.1, 0.15) is 0 Å². The fourth-order valence-corrected chi connectivity index (χ4v) is 2.78. The topological polar surface area (TPSA) is 92.6 Å². The van der Waals surface area contributed by atoms with E-state index in [1.807, 2.05) is 4.90 Å². The fourth-order valence-electron chi connectivity index (χ4n) is 2.78. The van der Waals surface area contributed by atoms with Gasteiger partial charge in [0.25, 0.3) is 0 Å². The van der Waals surface area contributed by atoms with Crippen LogP contribution in [0.4, 0.5) is 29.2 Å². The molecule has 1 aromatic carbocycles. The lowest BCUT2D eigenvalue weighted by Gasteiger charge is -2.36. The van der Waals surface area contributed by atoms with Crippen LogP contribution in [-0.4, -0.2) is 53.1 Å². The summed E-state index contributed by atoms with van der Waals surface area (Å²) in [5, 5.41) is 0. The molecule has 1 aliphatic heterocycles. The van der Waals surface area contributed by atoms with E-state index in [-0.39, 0.29) is 18.4 Å². The van der Waals surface area contributed by atoms with Gasteiger partial charge in [0.1, 0.15) is 24.5 Å². The van der Waals surface area contributed by atoms with Crippen LogP contribution >= 0.6 is 0 Å². The first kappa shape index (κ1) is 21.3. The zero-order valence-electron chi connectivity index (χ0n) is 15.8. The van der Waals surface area contributed by atoms with Crippen LogP contribution in [0, 0.1) is 5.82 Å². The van der Waals surface area contributed by atoms with E-state index in [1.165, 1.54) is 18.5 Å². The second kappa shape index (κ2) is 8.93. The van der Waals surface area contributed by atoms with Crippen molar-refractivity contribution in [3.8, 4) is 0 Å². The molecule has 0 amide bonds. The number of halogens is 4. The molecule has 0 unspecified atom stereocenters. The molecule has 0 radical (unpaired) electrons. The zero-order valence-corrected chi connectivity index (χ0v) is 15.8. The van der Waals surface area contributed by atoms with Crippen molar-refractivity contribution in [3.63, 3.8) is 0 Å². The quantitative estimate of drug-likeness (QED) is 0.577. The Kier molecular flexibility index (Phi) is 6.33. The van der Waals surface area contributed by atoms with Gasteiger partial charge in [0, 0.05) is 38.1 Å². The molecule has 2 aromatic rings. The molecule has 8 nitrogen and oxygen atoms in total. The molecular formula is C18H19F4N7O. The summed E-state index contributed by atoms with van der Waals surface area (Å²) in [5.41, 5.74) is 3.84. The highest BCUT2D eigenvalue weighted by atomic mass is 19.4. The Balaban J connectivity index is 1.58. The third-order valence-corrected chi connectivity index (χ3v) is 4.43. The first-order chi connectivity index (χ1) is 14.2. The standard InChI is InChI=1S/C18H19F4N7O/c19-13-1-3-14(4-2-13)27-7-9-28(10-8-27)16-25-12-29(17(30)26-16)11-24-6-5-15(23)18(20,21)22/h1-6,12H,7-11,23H2/b15-5-,24-6+. The van der Waals surface area contributed by atoms with Gasteiger partial charge in [-0.1, -0.05) is 0 Å². The predicted octanol–water partition coefficient (Wildman–Crippen LogP) is 1.54. The van der Waals surface area contributed by atoms with Gasteiger partial charge in [-0.15, -0.1) is 0 Å². The molecular weight excluding hydrogens is 406 g/mol. The second-order valence-electron chi connectivity index (χ2n) is 6.45. The van der Waals surface area contributed by atoms with E-state index >= 15 is 0 Å². The SMILES string of the molecule is N/C(=C\C=N\Cn1cnc(N2CCN(c3ccc(F)cc3)CC2)nc1=O)C(F)(F)F. The normalized spacial score (nSPS) is 15.8. The van der Waals surface area contributed by atoms with Crippen molar-refractivity contribution in [2.45, 2.75) is 12.8 Å². The van der Waals surface area contributed by atoms with Crippen LogP contribution in [0.3, 0.4) is 0 Å². The monoisotopic (exact) mass is 425 g/mol. The molecule has 1 saturated heterocycles. The molecule has 160 valence electrons. The summed E-state index contributed by atoms with van der Waals surface area (Å²) in [5.74, 6) is -0.0317. The highest BCUT2D eigenvalue weighted by molar-refractivity contribution is 5.72. The molecule has 3 rings (SSSR count). The molecule has 0 saturated carbocycles. The molecule has 0 spiro atoms. The molecule has 1 fully saturated rings. The van der Waals surface area contributed by atoms with Crippen molar-refractivity contribution in [2.24, 2.45) is 10.7 Å². The molecule has 0 atom stereocenters. The maximum atomic E-state index is 13.1. The summed E-state index contributed by atoms with van der Waals surface area (Å²) in [7, 11) is 0. The third kappa shape index (κ3) is 5.33. The van der Waals surface area contributed by atoms with Crippen LogP contribution in [0.5, 0.6) is 0 Å². The number of aromatic nitrogens is 3. The summed E-state index contributed by atoms with van der Waals surface area (Å²) in [6, 6.07) is 6.22. The highest BCUT2D eigenvalue weighted by Gasteiger charge is 2.30. The number of nitrogens with zero attached hydrogens (tertiary/aromatic N) is 6. The lowest BCUT2D eigenvalue weighted by molar-refractivity contribution is -0.0925. The minimum Gasteiger partial charge on any atom is -0.395 e. The number of benzene rings is 1. The summed E-state index contributed by atoms with van der Waals surface area (Å²) in [6.07, 6.45) is -1.90. The first-order valence-corrected chi connectivity index (χ1v) is 8.96. The second-order valence-corrected chi connectivity index (χ2v) is 6.45. The lowest BCUT2D eigenvalue weighted by Crippen LogP contribution is -2.47. The number of allylic oxidation sites excluding steroid dienone is 2. The van der Waals surface area contributed by atoms with Crippen molar-refractivity contribution in [2.75, 3.05) is 36.0 Å². The minimum atomic E-state index is -4.63. The van der Waals surface area contributed by atoms with E-state index in [2.05, 4.69) is 19.9 Å².